The number of hydrogen-bond donors (Lipinski definition) is 0. The molecule has 0 fully saturated rings. The molecule has 30 heavy (non-hydrogen) atoms. The van der Waals surface area contributed by atoms with E-state index in [1.165, 1.54) is 30.0 Å². The molecule has 0 aliphatic rings. The lowest BCUT2D eigenvalue weighted by atomic mass is 10.0. The lowest BCUT2D eigenvalue weighted by molar-refractivity contribution is 0.416. The summed E-state index contributed by atoms with van der Waals surface area (Å²) in [4.78, 5) is 4.63. The maximum Gasteiger partial charge on any atom is 0.184 e. The van der Waals surface area contributed by atoms with Gasteiger partial charge in [-0.25, -0.2) is 8.42 Å². The topological polar surface area (TPSA) is 106 Å². The summed E-state index contributed by atoms with van der Waals surface area (Å²) in [5.41, 5.74) is 2.94. The van der Waals surface area contributed by atoms with Crippen molar-refractivity contribution < 1.29 is 13.2 Å². The third-order valence-electron chi connectivity index (χ3n) is 4.48. The predicted molar refractivity (Wildman–Crippen MR) is 114 cm³/mol. The number of benzene rings is 2. The Labute approximate surface area is 181 Å². The molecule has 0 atom stereocenters. The number of ether oxygens (including phenoxy) is 1. The molecule has 0 saturated heterocycles. The standard InChI is InChI=1S/C20H13ClN4O3S2/c1-28-18-8-17(21)13(9-22)7-16(18)20-15-3-2-14(6-12(15)4-5-23-20)30(26,27)10-19-25-24-11-29-19/h2-8,11H,10H2,1H3. The summed E-state index contributed by atoms with van der Waals surface area (Å²) in [6, 6.07) is 11.8. The Morgan fingerprint density at radius 3 is 2.77 bits per heavy atom. The largest absolute Gasteiger partial charge is 0.496 e. The number of aromatic nitrogens is 3. The summed E-state index contributed by atoms with van der Waals surface area (Å²) in [6.45, 7) is 0. The van der Waals surface area contributed by atoms with Crippen molar-refractivity contribution >= 4 is 43.5 Å². The van der Waals surface area contributed by atoms with Crippen LogP contribution in [-0.2, 0) is 15.6 Å². The number of halogens is 1. The minimum atomic E-state index is -3.58. The third-order valence-corrected chi connectivity index (χ3v) is 7.30. The highest BCUT2D eigenvalue weighted by Crippen LogP contribution is 2.37. The fourth-order valence-electron chi connectivity index (χ4n) is 3.06. The van der Waals surface area contributed by atoms with Gasteiger partial charge in [-0.15, -0.1) is 21.5 Å². The van der Waals surface area contributed by atoms with Crippen LogP contribution in [0.2, 0.25) is 5.02 Å². The zero-order chi connectivity index (χ0) is 21.3. The number of sulfone groups is 1. The van der Waals surface area contributed by atoms with E-state index in [1.807, 2.05) is 0 Å². The Morgan fingerprint density at radius 1 is 1.23 bits per heavy atom. The molecule has 2 aromatic carbocycles. The molecule has 0 spiro atoms. The monoisotopic (exact) mass is 456 g/mol. The van der Waals surface area contributed by atoms with Crippen LogP contribution in [0.15, 0.2) is 53.0 Å². The van der Waals surface area contributed by atoms with Gasteiger partial charge < -0.3 is 4.74 Å². The molecule has 0 unspecified atom stereocenters. The average Bonchev–Trinajstić information content (AvgIpc) is 3.25. The van der Waals surface area contributed by atoms with Gasteiger partial charge in [0.15, 0.2) is 9.84 Å². The molecule has 7 nitrogen and oxygen atoms in total. The van der Waals surface area contributed by atoms with Crippen LogP contribution in [0.5, 0.6) is 5.75 Å². The average molecular weight is 457 g/mol. The van der Waals surface area contributed by atoms with Gasteiger partial charge in [-0.1, -0.05) is 17.7 Å². The summed E-state index contributed by atoms with van der Waals surface area (Å²) in [5.74, 6) is 0.254. The smallest absolute Gasteiger partial charge is 0.184 e. The molecule has 2 heterocycles. The molecule has 0 aliphatic heterocycles. The van der Waals surface area contributed by atoms with Gasteiger partial charge >= 0.3 is 0 Å². The van der Waals surface area contributed by atoms with Gasteiger partial charge in [-0.2, -0.15) is 5.26 Å². The molecule has 0 amide bonds. The maximum atomic E-state index is 12.8. The molecular formula is C20H13ClN4O3S2. The van der Waals surface area contributed by atoms with Crippen LogP contribution in [0, 0.1) is 11.3 Å². The van der Waals surface area contributed by atoms with Crippen molar-refractivity contribution in [3.8, 4) is 23.1 Å². The van der Waals surface area contributed by atoms with Gasteiger partial charge in [0.25, 0.3) is 0 Å². The van der Waals surface area contributed by atoms with E-state index in [4.69, 9.17) is 16.3 Å². The summed E-state index contributed by atoms with van der Waals surface area (Å²) < 4.78 is 31.0. The molecule has 0 saturated carbocycles. The van der Waals surface area contributed by atoms with Crippen molar-refractivity contribution in [2.24, 2.45) is 0 Å². The molecule has 0 bridgehead atoms. The van der Waals surface area contributed by atoms with Crippen LogP contribution in [0.3, 0.4) is 0 Å². The first-order valence-electron chi connectivity index (χ1n) is 8.57. The molecule has 2 aromatic heterocycles. The second kappa shape index (κ2) is 7.99. The second-order valence-corrected chi connectivity index (χ2v) is 9.59. The number of nitriles is 1. The minimum Gasteiger partial charge on any atom is -0.496 e. The van der Waals surface area contributed by atoms with Crippen LogP contribution in [0.1, 0.15) is 10.6 Å². The second-order valence-electron chi connectivity index (χ2n) is 6.28. The zero-order valence-corrected chi connectivity index (χ0v) is 17.9. The Hall–Kier alpha value is -3.06. The van der Waals surface area contributed by atoms with Crippen molar-refractivity contribution in [3.63, 3.8) is 0 Å². The quantitative estimate of drug-likeness (QED) is 0.441. The number of pyridine rings is 1. The number of methoxy groups -OCH3 is 1. The fraction of sp³-hybridized carbons (Fsp3) is 0.100. The van der Waals surface area contributed by atoms with Gasteiger partial charge in [-0.05, 0) is 29.7 Å². The Bertz CT molecular complexity index is 1400. The molecule has 0 aliphatic carbocycles. The molecular weight excluding hydrogens is 444 g/mol. The molecule has 4 rings (SSSR count). The predicted octanol–water partition coefficient (Wildman–Crippen LogP) is 4.26. The third kappa shape index (κ3) is 3.73. The maximum absolute atomic E-state index is 12.8. The fourth-order valence-corrected chi connectivity index (χ4v) is 5.44. The first-order valence-corrected chi connectivity index (χ1v) is 11.5. The van der Waals surface area contributed by atoms with Crippen LogP contribution >= 0.6 is 22.9 Å². The van der Waals surface area contributed by atoms with Crippen LogP contribution < -0.4 is 4.74 Å². The Balaban J connectivity index is 1.85. The van der Waals surface area contributed by atoms with E-state index in [1.54, 1.807) is 36.5 Å². The molecule has 0 radical (unpaired) electrons. The van der Waals surface area contributed by atoms with E-state index in [9.17, 15) is 13.7 Å². The van der Waals surface area contributed by atoms with Crippen molar-refractivity contribution in [2.45, 2.75) is 10.6 Å². The van der Waals surface area contributed by atoms with Crippen LogP contribution in [0.25, 0.3) is 22.0 Å². The summed E-state index contributed by atoms with van der Waals surface area (Å²) in [7, 11) is -2.07. The van der Waals surface area contributed by atoms with Gasteiger partial charge in [0.1, 0.15) is 28.1 Å². The van der Waals surface area contributed by atoms with Gasteiger partial charge in [0.2, 0.25) is 0 Å². The van der Waals surface area contributed by atoms with Crippen LogP contribution in [-0.4, -0.2) is 30.7 Å². The molecule has 10 heteroatoms. The SMILES string of the molecule is COc1cc(Cl)c(C#N)cc1-c1nccc2cc(S(=O)(=O)Cc3nncs3)ccc12. The van der Waals surface area contributed by atoms with E-state index in [0.29, 0.717) is 33.0 Å². The first kappa shape index (κ1) is 20.2. The summed E-state index contributed by atoms with van der Waals surface area (Å²) >= 11 is 7.31. The van der Waals surface area contributed by atoms with Gasteiger partial charge in [0.05, 0.1) is 28.3 Å². The lowest BCUT2D eigenvalue weighted by Gasteiger charge is -2.12. The van der Waals surface area contributed by atoms with E-state index in [2.05, 4.69) is 21.3 Å². The van der Waals surface area contributed by atoms with Crippen molar-refractivity contribution in [2.75, 3.05) is 7.11 Å². The highest BCUT2D eigenvalue weighted by atomic mass is 35.5. The Morgan fingerprint density at radius 2 is 2.07 bits per heavy atom. The normalized spacial score (nSPS) is 11.4. The molecule has 4 aromatic rings. The lowest BCUT2D eigenvalue weighted by Crippen LogP contribution is -2.05. The molecule has 0 N–H and O–H groups in total. The number of fused-ring (bicyclic) bond motifs is 1. The summed E-state index contributed by atoms with van der Waals surface area (Å²) in [5, 5.41) is 18.9. The van der Waals surface area contributed by atoms with E-state index >= 15 is 0 Å². The number of rotatable bonds is 5. The first-order chi connectivity index (χ1) is 14.4. The van der Waals surface area contributed by atoms with Crippen molar-refractivity contribution in [3.05, 3.63) is 63.7 Å². The van der Waals surface area contributed by atoms with Gasteiger partial charge in [-0.3, -0.25) is 4.98 Å². The zero-order valence-electron chi connectivity index (χ0n) is 15.5. The highest BCUT2D eigenvalue weighted by molar-refractivity contribution is 7.90. The van der Waals surface area contributed by atoms with Crippen LogP contribution in [0.4, 0.5) is 0 Å². The van der Waals surface area contributed by atoms with E-state index in [-0.39, 0.29) is 15.7 Å². The van der Waals surface area contributed by atoms with Crippen molar-refractivity contribution in [1.82, 2.24) is 15.2 Å². The number of nitrogens with zero attached hydrogens (tertiary/aromatic N) is 4. The summed E-state index contributed by atoms with van der Waals surface area (Å²) in [6.07, 6.45) is 1.58. The number of hydrogen-bond acceptors (Lipinski definition) is 8. The Kier molecular flexibility index (Phi) is 5.39. The molecule has 150 valence electrons. The van der Waals surface area contributed by atoms with E-state index < -0.39 is 9.84 Å². The van der Waals surface area contributed by atoms with E-state index in [0.717, 1.165) is 5.39 Å². The highest BCUT2D eigenvalue weighted by Gasteiger charge is 2.20. The van der Waals surface area contributed by atoms with Crippen molar-refractivity contribution in [1.29, 1.82) is 5.26 Å². The minimum absolute atomic E-state index is 0.183. The van der Waals surface area contributed by atoms with Gasteiger partial charge in [0, 0.05) is 23.2 Å².